The van der Waals surface area contributed by atoms with Crippen LogP contribution in [0, 0.1) is 5.82 Å². The fraction of sp³-hybridized carbons (Fsp3) is 0.370. The highest BCUT2D eigenvalue weighted by Crippen LogP contribution is 2.36. The Labute approximate surface area is 194 Å². The number of aliphatic hydroxyl groups excluding tert-OH is 2. The van der Waals surface area contributed by atoms with E-state index in [1.165, 1.54) is 12.1 Å². The van der Waals surface area contributed by atoms with Crippen LogP contribution in [-0.4, -0.2) is 38.6 Å². The molecule has 0 spiro atoms. The average Bonchev–Trinajstić information content (AvgIpc) is 3.04. The lowest BCUT2D eigenvalue weighted by Gasteiger charge is -2.21. The van der Waals surface area contributed by atoms with E-state index < -0.39 is 23.8 Å². The number of halogens is 1. The molecule has 0 aliphatic carbocycles. The Bertz CT molecular complexity index is 1130. The molecule has 5 nitrogen and oxygen atoms in total. The van der Waals surface area contributed by atoms with Gasteiger partial charge in [-0.2, -0.15) is 0 Å². The zero-order valence-corrected chi connectivity index (χ0v) is 19.6. The van der Waals surface area contributed by atoms with Gasteiger partial charge in [-0.25, -0.2) is 4.39 Å². The Morgan fingerprint density at radius 3 is 2.42 bits per heavy atom. The van der Waals surface area contributed by atoms with Crippen molar-refractivity contribution >= 4 is 22.9 Å². The summed E-state index contributed by atoms with van der Waals surface area (Å²) in [6, 6.07) is 14.3. The summed E-state index contributed by atoms with van der Waals surface area (Å²) in [5.41, 5.74) is 3.12. The molecule has 3 rings (SSSR count). The van der Waals surface area contributed by atoms with Crippen LogP contribution in [0.4, 0.5) is 4.39 Å². The van der Waals surface area contributed by atoms with Gasteiger partial charge in [-0.3, -0.25) is 4.79 Å². The number of rotatable bonds is 8. The summed E-state index contributed by atoms with van der Waals surface area (Å²) >= 11 is 0. The highest BCUT2D eigenvalue weighted by molar-refractivity contribution is 6.00. The maximum absolute atomic E-state index is 13.5. The number of benzene rings is 2. The molecule has 0 unspecified atom stereocenters. The van der Waals surface area contributed by atoms with Crippen LogP contribution in [0.2, 0.25) is 0 Å². The maximum Gasteiger partial charge on any atom is 0.308 e. The molecule has 33 heavy (non-hydrogen) atoms. The van der Waals surface area contributed by atoms with Gasteiger partial charge >= 0.3 is 5.97 Å². The fourth-order valence-corrected chi connectivity index (χ4v) is 3.98. The van der Waals surface area contributed by atoms with Crippen molar-refractivity contribution in [1.29, 1.82) is 0 Å². The SMILES string of the molecule is CCn1c(/C=C/[C@H](O)C[C@H](O)CC(=O)OC(C)(C)C)c(-c2ccc(F)cc2)c2ccccc21. The number of carbonyl (C=O) groups is 1. The van der Waals surface area contributed by atoms with Crippen LogP contribution in [0.1, 0.15) is 46.2 Å². The van der Waals surface area contributed by atoms with Crippen molar-refractivity contribution in [3.63, 3.8) is 0 Å². The van der Waals surface area contributed by atoms with Crippen molar-refractivity contribution in [2.75, 3.05) is 0 Å². The summed E-state index contributed by atoms with van der Waals surface area (Å²) in [6.07, 6.45) is 1.30. The highest BCUT2D eigenvalue weighted by Gasteiger charge is 2.21. The molecule has 0 fully saturated rings. The second-order valence-corrected chi connectivity index (χ2v) is 9.14. The predicted molar refractivity (Wildman–Crippen MR) is 129 cm³/mol. The number of esters is 1. The number of hydrogen-bond donors (Lipinski definition) is 2. The summed E-state index contributed by atoms with van der Waals surface area (Å²) in [6.45, 7) is 8.04. The molecule has 3 aromatic rings. The average molecular weight is 454 g/mol. The molecule has 0 bridgehead atoms. The van der Waals surface area contributed by atoms with Crippen LogP contribution in [-0.2, 0) is 16.1 Å². The van der Waals surface area contributed by atoms with Gasteiger partial charge in [0.15, 0.2) is 0 Å². The molecule has 0 radical (unpaired) electrons. The molecule has 176 valence electrons. The number of aliphatic hydroxyl groups is 2. The lowest BCUT2D eigenvalue weighted by molar-refractivity contribution is -0.157. The number of aryl methyl sites for hydroxylation is 1. The van der Waals surface area contributed by atoms with E-state index in [0.29, 0.717) is 6.54 Å². The Kier molecular flexibility index (Phi) is 7.72. The largest absolute Gasteiger partial charge is 0.460 e. The summed E-state index contributed by atoms with van der Waals surface area (Å²) in [4.78, 5) is 11.9. The van der Waals surface area contributed by atoms with Crippen molar-refractivity contribution in [2.45, 2.75) is 64.9 Å². The van der Waals surface area contributed by atoms with E-state index in [9.17, 15) is 19.4 Å². The number of hydrogen-bond acceptors (Lipinski definition) is 4. The lowest BCUT2D eigenvalue weighted by atomic mass is 10.0. The number of nitrogens with zero attached hydrogens (tertiary/aromatic N) is 1. The molecule has 6 heteroatoms. The molecule has 1 aromatic heterocycles. The van der Waals surface area contributed by atoms with Crippen molar-refractivity contribution in [3.05, 3.63) is 66.1 Å². The van der Waals surface area contributed by atoms with E-state index in [1.54, 1.807) is 39.0 Å². The van der Waals surface area contributed by atoms with Gasteiger partial charge < -0.3 is 19.5 Å². The Balaban J connectivity index is 1.86. The summed E-state index contributed by atoms with van der Waals surface area (Å²) < 4.78 is 20.9. The van der Waals surface area contributed by atoms with Crippen LogP contribution in [0.15, 0.2) is 54.6 Å². The molecule has 2 atom stereocenters. The number of ether oxygens (including phenoxy) is 1. The second kappa shape index (κ2) is 10.3. The number of fused-ring (bicyclic) bond motifs is 1. The van der Waals surface area contributed by atoms with E-state index in [1.807, 2.05) is 37.3 Å². The number of para-hydroxylation sites is 1. The number of aromatic nitrogens is 1. The van der Waals surface area contributed by atoms with Crippen molar-refractivity contribution in [3.8, 4) is 11.1 Å². The first-order valence-electron chi connectivity index (χ1n) is 11.2. The van der Waals surface area contributed by atoms with Gasteiger partial charge in [0.05, 0.1) is 18.6 Å². The molecule has 2 aromatic carbocycles. The molecular formula is C27H32FNO4. The maximum atomic E-state index is 13.5. The minimum Gasteiger partial charge on any atom is -0.460 e. The van der Waals surface area contributed by atoms with E-state index in [0.717, 1.165) is 27.7 Å². The molecule has 1 heterocycles. The Morgan fingerprint density at radius 1 is 1.12 bits per heavy atom. The van der Waals surface area contributed by atoms with Gasteiger partial charge in [0.25, 0.3) is 0 Å². The topological polar surface area (TPSA) is 71.7 Å². The quantitative estimate of drug-likeness (QED) is 0.453. The fourth-order valence-electron chi connectivity index (χ4n) is 3.98. The van der Waals surface area contributed by atoms with Gasteiger partial charge in [0.1, 0.15) is 11.4 Å². The zero-order valence-electron chi connectivity index (χ0n) is 19.6. The Hall–Kier alpha value is -2.96. The van der Waals surface area contributed by atoms with Crippen molar-refractivity contribution < 1.29 is 24.1 Å². The van der Waals surface area contributed by atoms with E-state index in [2.05, 4.69) is 4.57 Å². The first-order chi connectivity index (χ1) is 15.6. The smallest absolute Gasteiger partial charge is 0.308 e. The third kappa shape index (κ3) is 6.30. The molecule has 0 amide bonds. The van der Waals surface area contributed by atoms with E-state index >= 15 is 0 Å². The van der Waals surface area contributed by atoms with Gasteiger partial charge in [-0.1, -0.05) is 36.4 Å². The first kappa shape index (κ1) is 24.7. The third-order valence-electron chi connectivity index (χ3n) is 5.27. The molecule has 0 aliphatic rings. The van der Waals surface area contributed by atoms with Crippen LogP contribution in [0.5, 0.6) is 0 Å². The van der Waals surface area contributed by atoms with E-state index in [-0.39, 0.29) is 18.7 Å². The van der Waals surface area contributed by atoms with E-state index in [4.69, 9.17) is 4.74 Å². The minimum atomic E-state index is -1.02. The van der Waals surface area contributed by atoms with Crippen LogP contribution in [0.3, 0.4) is 0 Å². The molecule has 0 saturated heterocycles. The van der Waals surface area contributed by atoms with Gasteiger partial charge in [0, 0.05) is 35.1 Å². The molecule has 0 aliphatic heterocycles. The third-order valence-corrected chi connectivity index (χ3v) is 5.27. The van der Waals surface area contributed by atoms with Crippen LogP contribution >= 0.6 is 0 Å². The zero-order chi connectivity index (χ0) is 24.2. The van der Waals surface area contributed by atoms with Crippen LogP contribution < -0.4 is 0 Å². The first-order valence-corrected chi connectivity index (χ1v) is 11.2. The summed E-state index contributed by atoms with van der Waals surface area (Å²) in [5.74, 6) is -0.805. The lowest BCUT2D eigenvalue weighted by Crippen LogP contribution is -2.27. The Morgan fingerprint density at radius 2 is 1.79 bits per heavy atom. The molecule has 2 N–H and O–H groups in total. The predicted octanol–water partition coefficient (Wildman–Crippen LogP) is 5.32. The van der Waals surface area contributed by atoms with Crippen molar-refractivity contribution in [2.24, 2.45) is 0 Å². The minimum absolute atomic E-state index is 0.00791. The van der Waals surface area contributed by atoms with Crippen LogP contribution in [0.25, 0.3) is 28.1 Å². The highest BCUT2D eigenvalue weighted by atomic mass is 19.1. The van der Waals surface area contributed by atoms with Gasteiger partial charge in [-0.05, 0) is 57.5 Å². The normalized spacial score (nSPS) is 14.0. The monoisotopic (exact) mass is 453 g/mol. The molecule has 0 saturated carbocycles. The second-order valence-electron chi connectivity index (χ2n) is 9.14. The summed E-state index contributed by atoms with van der Waals surface area (Å²) in [5, 5.41) is 21.8. The molecular weight excluding hydrogens is 421 g/mol. The van der Waals surface area contributed by atoms with Crippen molar-refractivity contribution in [1.82, 2.24) is 4.57 Å². The van der Waals surface area contributed by atoms with Gasteiger partial charge in [0.2, 0.25) is 0 Å². The standard InChI is InChI=1S/C27H32FNO4/c1-5-29-23-9-7-6-8-22(23)26(18-10-12-19(28)13-11-18)24(29)15-14-20(30)16-21(31)17-25(32)33-27(2,3)4/h6-15,20-21,30-31H,5,16-17H2,1-4H3/b15-14+/t20-,21-/m0/s1. The number of carbonyl (C=O) groups excluding carboxylic acids is 1. The van der Waals surface area contributed by atoms with Gasteiger partial charge in [-0.15, -0.1) is 0 Å². The summed E-state index contributed by atoms with van der Waals surface area (Å²) in [7, 11) is 0.